The quantitative estimate of drug-likeness (QED) is 0.238. The van der Waals surface area contributed by atoms with Crippen LogP contribution in [0.3, 0.4) is 0 Å². The van der Waals surface area contributed by atoms with E-state index in [9.17, 15) is 9.18 Å². The molecule has 0 saturated carbocycles. The van der Waals surface area contributed by atoms with Crippen LogP contribution in [0.5, 0.6) is 11.5 Å². The molecule has 224 valence electrons. The molecule has 2 fully saturated rings. The standard InChI is InChI=1S/C33H34ClFN4O4/c1-20-16-38(28-4-3-5-30-33(28)43-31(19-42-30)25-8-7-23(34)15-26(25)35)12-11-37(20)18-32-36-27-9-6-22(21(2)40)14-29(27)39(32)17-24-10-13-41-24/h3-9,14-15,20,24,31H,10-13,16-19H2,1-2H3/t20-,24-,31?/m0/s1. The van der Waals surface area contributed by atoms with Gasteiger partial charge in [0.15, 0.2) is 23.4 Å². The molecule has 4 heterocycles. The number of aromatic nitrogens is 2. The molecule has 7 rings (SSSR count). The van der Waals surface area contributed by atoms with E-state index in [1.165, 1.54) is 6.07 Å². The lowest BCUT2D eigenvalue weighted by atomic mass is 10.1. The van der Waals surface area contributed by atoms with Crippen molar-refractivity contribution in [1.29, 1.82) is 0 Å². The van der Waals surface area contributed by atoms with E-state index in [-0.39, 0.29) is 24.5 Å². The summed E-state index contributed by atoms with van der Waals surface area (Å²) in [7, 11) is 0. The largest absolute Gasteiger partial charge is 0.485 e. The Balaban J connectivity index is 1.10. The molecule has 1 unspecified atom stereocenters. The molecule has 3 aromatic carbocycles. The monoisotopic (exact) mass is 604 g/mol. The summed E-state index contributed by atoms with van der Waals surface area (Å²) in [6.45, 7) is 8.63. The summed E-state index contributed by atoms with van der Waals surface area (Å²) in [5.41, 5.74) is 3.92. The van der Waals surface area contributed by atoms with Crippen molar-refractivity contribution >= 4 is 34.1 Å². The van der Waals surface area contributed by atoms with Gasteiger partial charge in [-0.1, -0.05) is 23.7 Å². The second kappa shape index (κ2) is 11.4. The first-order valence-electron chi connectivity index (χ1n) is 14.8. The van der Waals surface area contributed by atoms with Crippen molar-refractivity contribution in [3.05, 3.63) is 82.4 Å². The van der Waals surface area contributed by atoms with Gasteiger partial charge in [0.25, 0.3) is 0 Å². The van der Waals surface area contributed by atoms with E-state index in [1.807, 2.05) is 36.4 Å². The number of para-hydroxylation sites is 1. The van der Waals surface area contributed by atoms with Crippen molar-refractivity contribution in [3.63, 3.8) is 0 Å². The smallest absolute Gasteiger partial charge is 0.185 e. The number of piperazine rings is 1. The highest BCUT2D eigenvalue weighted by molar-refractivity contribution is 6.30. The molecule has 2 saturated heterocycles. The van der Waals surface area contributed by atoms with Gasteiger partial charge in [0.2, 0.25) is 0 Å². The molecule has 0 radical (unpaired) electrons. The molecule has 0 spiro atoms. The summed E-state index contributed by atoms with van der Waals surface area (Å²) in [6, 6.07) is 16.5. The predicted molar refractivity (Wildman–Crippen MR) is 163 cm³/mol. The van der Waals surface area contributed by atoms with Crippen LogP contribution in [0.1, 0.15) is 48.1 Å². The van der Waals surface area contributed by atoms with Gasteiger partial charge in [0.05, 0.1) is 35.9 Å². The summed E-state index contributed by atoms with van der Waals surface area (Å²) in [5.74, 6) is 1.92. The molecule has 0 amide bonds. The van der Waals surface area contributed by atoms with Crippen molar-refractivity contribution in [2.24, 2.45) is 0 Å². The Morgan fingerprint density at radius 1 is 1.14 bits per heavy atom. The molecular formula is C33H34ClFN4O4. The lowest BCUT2D eigenvalue weighted by Crippen LogP contribution is -2.52. The molecule has 3 aliphatic rings. The third-order valence-electron chi connectivity index (χ3n) is 8.78. The number of carbonyl (C=O) groups excluding carboxylic acids is 1. The van der Waals surface area contributed by atoms with Gasteiger partial charge in [-0.2, -0.15) is 0 Å². The number of rotatable bonds is 7. The number of carbonyl (C=O) groups is 1. The topological polar surface area (TPSA) is 69.1 Å². The number of benzene rings is 3. The SMILES string of the molecule is CC(=O)c1ccc2nc(CN3CCN(c4cccc5c4OC(c4ccc(Cl)cc4F)CO5)C[C@@H]3C)n(C[C@@H]3CCO3)c2c1. The van der Waals surface area contributed by atoms with Crippen molar-refractivity contribution in [1.82, 2.24) is 14.5 Å². The van der Waals surface area contributed by atoms with Crippen molar-refractivity contribution < 1.29 is 23.4 Å². The van der Waals surface area contributed by atoms with E-state index < -0.39 is 11.9 Å². The Hall–Kier alpha value is -3.66. The number of nitrogens with zero attached hydrogens (tertiary/aromatic N) is 4. The molecule has 4 aromatic rings. The molecule has 0 aliphatic carbocycles. The minimum Gasteiger partial charge on any atom is -0.485 e. The fraction of sp³-hybridized carbons (Fsp3) is 0.394. The Morgan fingerprint density at radius 3 is 2.74 bits per heavy atom. The second-order valence-corrected chi connectivity index (χ2v) is 12.1. The van der Waals surface area contributed by atoms with Crippen LogP contribution in [-0.2, 0) is 17.8 Å². The van der Waals surface area contributed by atoms with Crippen molar-refractivity contribution in [3.8, 4) is 11.5 Å². The predicted octanol–water partition coefficient (Wildman–Crippen LogP) is 6.04. The number of ketones is 1. The van der Waals surface area contributed by atoms with Gasteiger partial charge in [-0.05, 0) is 62.7 Å². The van der Waals surface area contributed by atoms with Gasteiger partial charge in [0, 0.05) is 48.4 Å². The van der Waals surface area contributed by atoms with Gasteiger partial charge in [0.1, 0.15) is 18.2 Å². The van der Waals surface area contributed by atoms with Crippen molar-refractivity contribution in [2.45, 2.75) is 51.6 Å². The zero-order chi connectivity index (χ0) is 29.7. The van der Waals surface area contributed by atoms with Crippen LogP contribution < -0.4 is 14.4 Å². The summed E-state index contributed by atoms with van der Waals surface area (Å²) in [5, 5.41) is 0.346. The highest BCUT2D eigenvalue weighted by Crippen LogP contribution is 2.44. The first-order valence-corrected chi connectivity index (χ1v) is 15.2. The Labute approximate surface area is 254 Å². The average Bonchev–Trinajstić information content (AvgIpc) is 3.31. The Kier molecular flexibility index (Phi) is 7.49. The number of imidazole rings is 1. The highest BCUT2D eigenvalue weighted by atomic mass is 35.5. The maximum Gasteiger partial charge on any atom is 0.185 e. The van der Waals surface area contributed by atoms with Crippen LogP contribution >= 0.6 is 11.6 Å². The molecule has 3 atom stereocenters. The van der Waals surface area contributed by atoms with Crippen LogP contribution in [0.25, 0.3) is 11.0 Å². The molecule has 0 bridgehead atoms. The molecule has 3 aliphatic heterocycles. The number of anilines is 1. The van der Waals surface area contributed by atoms with E-state index in [0.29, 0.717) is 34.2 Å². The molecular weight excluding hydrogens is 571 g/mol. The highest BCUT2D eigenvalue weighted by Gasteiger charge is 2.32. The van der Waals surface area contributed by atoms with E-state index in [4.69, 9.17) is 30.8 Å². The van der Waals surface area contributed by atoms with Crippen LogP contribution in [0.4, 0.5) is 10.1 Å². The number of hydrogen-bond donors (Lipinski definition) is 0. The number of Topliss-reactive ketones (excluding diaryl/α,β-unsaturated/α-hetero) is 1. The van der Waals surface area contributed by atoms with E-state index >= 15 is 0 Å². The fourth-order valence-corrected chi connectivity index (χ4v) is 6.38. The normalized spacial score (nSPS) is 22.0. The van der Waals surface area contributed by atoms with Crippen LogP contribution in [-0.4, -0.2) is 65.2 Å². The minimum atomic E-state index is -0.569. The third kappa shape index (κ3) is 5.46. The van der Waals surface area contributed by atoms with Crippen molar-refractivity contribution in [2.75, 3.05) is 37.7 Å². The van der Waals surface area contributed by atoms with Gasteiger partial charge >= 0.3 is 0 Å². The molecule has 0 N–H and O–H groups in total. The maximum atomic E-state index is 14.7. The van der Waals surface area contributed by atoms with E-state index in [1.54, 1.807) is 19.1 Å². The van der Waals surface area contributed by atoms with Gasteiger partial charge in [-0.3, -0.25) is 9.69 Å². The Morgan fingerprint density at radius 2 is 2.00 bits per heavy atom. The minimum absolute atomic E-state index is 0.0444. The average molecular weight is 605 g/mol. The first kappa shape index (κ1) is 28.1. The zero-order valence-electron chi connectivity index (χ0n) is 24.3. The third-order valence-corrected chi connectivity index (χ3v) is 9.02. The fourth-order valence-electron chi connectivity index (χ4n) is 6.22. The van der Waals surface area contributed by atoms with E-state index in [2.05, 4.69) is 21.3 Å². The summed E-state index contributed by atoms with van der Waals surface area (Å²) in [6.07, 6.45) is 0.628. The lowest BCUT2D eigenvalue weighted by Gasteiger charge is -2.42. The number of hydrogen-bond acceptors (Lipinski definition) is 7. The lowest BCUT2D eigenvalue weighted by molar-refractivity contribution is -0.0592. The summed E-state index contributed by atoms with van der Waals surface area (Å²) < 4.78 is 35.2. The summed E-state index contributed by atoms with van der Waals surface area (Å²) >= 11 is 5.97. The maximum absolute atomic E-state index is 14.7. The van der Waals surface area contributed by atoms with Crippen LogP contribution in [0.15, 0.2) is 54.6 Å². The van der Waals surface area contributed by atoms with Gasteiger partial charge in [-0.25, -0.2) is 9.37 Å². The van der Waals surface area contributed by atoms with Gasteiger partial charge in [-0.15, -0.1) is 0 Å². The first-order chi connectivity index (χ1) is 20.8. The second-order valence-electron chi connectivity index (χ2n) is 11.6. The zero-order valence-corrected chi connectivity index (χ0v) is 25.0. The number of halogens is 2. The summed E-state index contributed by atoms with van der Waals surface area (Å²) in [4.78, 5) is 21.9. The van der Waals surface area contributed by atoms with Gasteiger partial charge < -0.3 is 23.7 Å². The van der Waals surface area contributed by atoms with Crippen LogP contribution in [0.2, 0.25) is 5.02 Å². The molecule has 43 heavy (non-hydrogen) atoms. The molecule has 8 nitrogen and oxygen atoms in total. The van der Waals surface area contributed by atoms with Crippen LogP contribution in [0, 0.1) is 5.82 Å². The number of fused-ring (bicyclic) bond motifs is 2. The molecule has 10 heteroatoms. The Bertz CT molecular complexity index is 1690. The van der Waals surface area contributed by atoms with E-state index in [0.717, 1.165) is 61.8 Å². The molecule has 1 aromatic heterocycles. The number of ether oxygens (including phenoxy) is 3.